The van der Waals surface area contributed by atoms with Crippen molar-refractivity contribution >= 4 is 21.6 Å². The molecule has 0 radical (unpaired) electrons. The summed E-state index contributed by atoms with van der Waals surface area (Å²) in [4.78, 5) is 10.2. The molecule has 1 aromatic rings. The summed E-state index contributed by atoms with van der Waals surface area (Å²) >= 11 is 0. The van der Waals surface area contributed by atoms with Crippen LogP contribution in [-0.2, 0) is 9.84 Å². The minimum absolute atomic E-state index is 0.200. The highest BCUT2D eigenvalue weighted by Gasteiger charge is 2.22. The maximum absolute atomic E-state index is 11.3. The summed E-state index contributed by atoms with van der Waals surface area (Å²) in [5.74, 6) is 1.72. The number of sulfone groups is 1. The minimum Gasteiger partial charge on any atom is -0.357 e. The van der Waals surface area contributed by atoms with E-state index >= 15 is 0 Å². The van der Waals surface area contributed by atoms with Crippen LogP contribution in [0.3, 0.4) is 0 Å². The smallest absolute Gasteiger partial charge is 0.224 e. The molecule has 2 heterocycles. The molecule has 1 fully saturated rings. The molecule has 0 atom stereocenters. The monoisotopic (exact) mass is 242 g/mol. The van der Waals surface area contributed by atoms with E-state index in [2.05, 4.69) is 15.3 Å². The third-order valence-corrected chi connectivity index (χ3v) is 4.14. The predicted octanol–water partition coefficient (Wildman–Crippen LogP) is -0.247. The van der Waals surface area contributed by atoms with Gasteiger partial charge in [0.1, 0.15) is 5.82 Å². The quantitative estimate of drug-likeness (QED) is 0.771. The number of hydrogen-bond acceptors (Lipinski definition) is 6. The average Bonchev–Trinajstić information content (AvgIpc) is 2.29. The molecule has 1 aliphatic heterocycles. The van der Waals surface area contributed by atoms with Crippen molar-refractivity contribution in [2.45, 2.75) is 0 Å². The Hall–Kier alpha value is -1.37. The Kier molecular flexibility index (Phi) is 2.95. The van der Waals surface area contributed by atoms with Crippen molar-refractivity contribution in [2.24, 2.45) is 0 Å². The Morgan fingerprint density at radius 2 is 2.06 bits per heavy atom. The van der Waals surface area contributed by atoms with Crippen molar-refractivity contribution in [1.29, 1.82) is 0 Å². The van der Waals surface area contributed by atoms with Gasteiger partial charge in [0.25, 0.3) is 0 Å². The molecule has 0 aliphatic carbocycles. The van der Waals surface area contributed by atoms with Gasteiger partial charge in [-0.3, -0.25) is 0 Å². The molecular weight excluding hydrogens is 228 g/mol. The lowest BCUT2D eigenvalue weighted by atomic mass is 10.4. The van der Waals surface area contributed by atoms with Crippen LogP contribution in [0.5, 0.6) is 0 Å². The second-order valence-corrected chi connectivity index (χ2v) is 5.93. The van der Waals surface area contributed by atoms with Gasteiger partial charge in [0.15, 0.2) is 9.84 Å². The van der Waals surface area contributed by atoms with Crippen LogP contribution in [-0.4, -0.2) is 50.0 Å². The summed E-state index contributed by atoms with van der Waals surface area (Å²) in [6.45, 7) is 1.00. The fourth-order valence-corrected chi connectivity index (χ4v) is 2.79. The minimum atomic E-state index is -2.84. The standard InChI is InChI=1S/C9H14N4O2S/c1-10-9-11-3-2-8(12-9)13-4-6-16(14,15)7-5-13/h2-3H,4-7H2,1H3,(H,10,11,12). The van der Waals surface area contributed by atoms with E-state index in [1.807, 2.05) is 4.90 Å². The first-order chi connectivity index (χ1) is 7.61. The highest BCUT2D eigenvalue weighted by Crippen LogP contribution is 2.15. The molecule has 0 unspecified atom stereocenters. The van der Waals surface area contributed by atoms with Gasteiger partial charge in [0.05, 0.1) is 11.5 Å². The summed E-state index contributed by atoms with van der Waals surface area (Å²) in [5, 5.41) is 2.86. The van der Waals surface area contributed by atoms with Crippen molar-refractivity contribution in [1.82, 2.24) is 9.97 Å². The molecule has 0 bridgehead atoms. The van der Waals surface area contributed by atoms with Gasteiger partial charge < -0.3 is 10.2 Å². The normalized spacial score (nSPS) is 19.4. The van der Waals surface area contributed by atoms with Crippen LogP contribution in [0.2, 0.25) is 0 Å². The largest absolute Gasteiger partial charge is 0.357 e. The summed E-state index contributed by atoms with van der Waals surface area (Å²) in [5.41, 5.74) is 0. The van der Waals surface area contributed by atoms with Crippen LogP contribution in [0.1, 0.15) is 0 Å². The number of hydrogen-bond donors (Lipinski definition) is 1. The first kappa shape index (κ1) is 11.1. The zero-order valence-corrected chi connectivity index (χ0v) is 9.87. The van der Waals surface area contributed by atoms with Crippen LogP contribution < -0.4 is 10.2 Å². The zero-order valence-electron chi connectivity index (χ0n) is 9.05. The molecule has 6 nitrogen and oxygen atoms in total. The predicted molar refractivity (Wildman–Crippen MR) is 62.4 cm³/mol. The van der Waals surface area contributed by atoms with E-state index in [1.54, 1.807) is 19.3 Å². The van der Waals surface area contributed by atoms with Gasteiger partial charge >= 0.3 is 0 Å². The van der Waals surface area contributed by atoms with Crippen LogP contribution in [0.25, 0.3) is 0 Å². The second-order valence-electron chi connectivity index (χ2n) is 3.63. The van der Waals surface area contributed by atoms with Crippen molar-refractivity contribution in [3.05, 3.63) is 12.3 Å². The van der Waals surface area contributed by atoms with E-state index in [1.165, 1.54) is 0 Å². The van der Waals surface area contributed by atoms with Gasteiger partial charge in [-0.2, -0.15) is 4.98 Å². The SMILES string of the molecule is CNc1nccc(N2CCS(=O)(=O)CC2)n1. The number of nitrogens with one attached hydrogen (secondary N) is 1. The highest BCUT2D eigenvalue weighted by atomic mass is 32.2. The molecule has 0 saturated carbocycles. The fourth-order valence-electron chi connectivity index (χ4n) is 1.59. The van der Waals surface area contributed by atoms with E-state index in [-0.39, 0.29) is 11.5 Å². The van der Waals surface area contributed by atoms with Gasteiger partial charge in [-0.25, -0.2) is 13.4 Å². The van der Waals surface area contributed by atoms with Crippen LogP contribution in [0.15, 0.2) is 12.3 Å². The summed E-state index contributed by atoms with van der Waals surface area (Å²) < 4.78 is 22.6. The van der Waals surface area contributed by atoms with Gasteiger partial charge in [0, 0.05) is 26.3 Å². The number of nitrogens with zero attached hydrogens (tertiary/aromatic N) is 3. The summed E-state index contributed by atoms with van der Waals surface area (Å²) in [6, 6.07) is 1.79. The Morgan fingerprint density at radius 3 is 2.69 bits per heavy atom. The number of aromatic nitrogens is 2. The lowest BCUT2D eigenvalue weighted by molar-refractivity contribution is 0.586. The summed E-state index contributed by atoms with van der Waals surface area (Å²) in [7, 11) is -1.09. The first-order valence-electron chi connectivity index (χ1n) is 5.07. The molecule has 2 rings (SSSR count). The van der Waals surface area contributed by atoms with Crippen molar-refractivity contribution < 1.29 is 8.42 Å². The molecule has 88 valence electrons. The average molecular weight is 242 g/mol. The summed E-state index contributed by atoms with van der Waals surface area (Å²) in [6.07, 6.45) is 1.66. The molecule has 1 aromatic heterocycles. The van der Waals surface area contributed by atoms with Crippen LogP contribution in [0, 0.1) is 0 Å². The Bertz CT molecular complexity index is 460. The lowest BCUT2D eigenvalue weighted by Gasteiger charge is -2.27. The van der Waals surface area contributed by atoms with Crippen LogP contribution >= 0.6 is 0 Å². The van der Waals surface area contributed by atoms with Gasteiger partial charge in [-0.05, 0) is 6.07 Å². The van der Waals surface area contributed by atoms with Gasteiger partial charge in [-0.15, -0.1) is 0 Å². The van der Waals surface area contributed by atoms with Gasteiger partial charge in [0.2, 0.25) is 5.95 Å². The molecule has 1 aliphatic rings. The zero-order chi connectivity index (χ0) is 11.6. The van der Waals surface area contributed by atoms with Crippen molar-refractivity contribution in [3.63, 3.8) is 0 Å². The first-order valence-corrected chi connectivity index (χ1v) is 6.89. The van der Waals surface area contributed by atoms with E-state index in [9.17, 15) is 8.42 Å². The molecular formula is C9H14N4O2S. The second kappa shape index (κ2) is 4.25. The molecule has 0 amide bonds. The maximum Gasteiger partial charge on any atom is 0.224 e. The number of rotatable bonds is 2. The highest BCUT2D eigenvalue weighted by molar-refractivity contribution is 7.91. The fraction of sp³-hybridized carbons (Fsp3) is 0.556. The van der Waals surface area contributed by atoms with Crippen LogP contribution in [0.4, 0.5) is 11.8 Å². The molecule has 0 aromatic carbocycles. The third kappa shape index (κ3) is 2.41. The van der Waals surface area contributed by atoms with Crippen molar-refractivity contribution in [3.8, 4) is 0 Å². The molecule has 0 spiro atoms. The molecule has 1 saturated heterocycles. The Balaban J connectivity index is 2.13. The lowest BCUT2D eigenvalue weighted by Crippen LogP contribution is -2.40. The van der Waals surface area contributed by atoms with Crippen molar-refractivity contribution in [2.75, 3.05) is 41.9 Å². The van der Waals surface area contributed by atoms with E-state index < -0.39 is 9.84 Å². The van der Waals surface area contributed by atoms with E-state index in [0.29, 0.717) is 19.0 Å². The topological polar surface area (TPSA) is 75.2 Å². The molecule has 16 heavy (non-hydrogen) atoms. The number of anilines is 2. The Morgan fingerprint density at radius 1 is 1.38 bits per heavy atom. The Labute approximate surface area is 94.6 Å². The third-order valence-electron chi connectivity index (χ3n) is 2.53. The maximum atomic E-state index is 11.3. The molecule has 7 heteroatoms. The van der Waals surface area contributed by atoms with E-state index in [0.717, 1.165) is 5.82 Å². The van der Waals surface area contributed by atoms with E-state index in [4.69, 9.17) is 0 Å². The molecule has 1 N–H and O–H groups in total. The van der Waals surface area contributed by atoms with Gasteiger partial charge in [-0.1, -0.05) is 0 Å².